The third-order valence-electron chi connectivity index (χ3n) is 2.90. The summed E-state index contributed by atoms with van der Waals surface area (Å²) in [7, 11) is 0. The molecule has 0 saturated carbocycles. The van der Waals surface area contributed by atoms with E-state index in [1.165, 1.54) is 12.1 Å². The number of oxazole rings is 1. The molecule has 0 amide bonds. The van der Waals surface area contributed by atoms with E-state index in [4.69, 9.17) is 4.42 Å². The molecule has 1 heterocycles. The van der Waals surface area contributed by atoms with Crippen molar-refractivity contribution in [1.82, 2.24) is 4.98 Å². The summed E-state index contributed by atoms with van der Waals surface area (Å²) in [6.07, 6.45) is 2.48. The lowest BCUT2D eigenvalue weighted by Crippen LogP contribution is -2.03. The van der Waals surface area contributed by atoms with Crippen molar-refractivity contribution in [2.24, 2.45) is 0 Å². The van der Waals surface area contributed by atoms with E-state index in [-0.39, 0.29) is 5.69 Å². The Balaban J connectivity index is 2.12. The van der Waals surface area contributed by atoms with E-state index in [1.807, 2.05) is 19.9 Å². The predicted octanol–water partition coefficient (Wildman–Crippen LogP) is 3.19. The van der Waals surface area contributed by atoms with E-state index in [9.17, 15) is 10.1 Å². The van der Waals surface area contributed by atoms with Crippen molar-refractivity contribution < 1.29 is 9.34 Å². The molecule has 7 nitrogen and oxygen atoms in total. The summed E-state index contributed by atoms with van der Waals surface area (Å²) in [5.41, 5.74) is 1.39. The monoisotopic (exact) mass is 290 g/mol. The van der Waals surface area contributed by atoms with Crippen molar-refractivity contribution in [2.45, 2.75) is 26.8 Å². The molecule has 0 saturated heterocycles. The highest BCUT2D eigenvalue weighted by molar-refractivity contribution is 5.63. The summed E-state index contributed by atoms with van der Waals surface area (Å²) in [5, 5.41) is 17.1. The van der Waals surface area contributed by atoms with Crippen LogP contribution in [0.25, 0.3) is 0 Å². The van der Waals surface area contributed by atoms with Crippen LogP contribution >= 0.6 is 0 Å². The lowest BCUT2D eigenvalue weighted by Gasteiger charge is -2.08. The maximum Gasteiger partial charge on any atom is 0.273 e. The van der Waals surface area contributed by atoms with Gasteiger partial charge < -0.3 is 15.1 Å². The van der Waals surface area contributed by atoms with Gasteiger partial charge in [0.2, 0.25) is 5.89 Å². The minimum Gasteiger partial charge on any atom is -0.444 e. The van der Waals surface area contributed by atoms with Crippen molar-refractivity contribution in [3.05, 3.63) is 46.2 Å². The molecule has 0 aliphatic heterocycles. The van der Waals surface area contributed by atoms with Gasteiger partial charge in [-0.1, -0.05) is 6.92 Å². The molecule has 2 rings (SSSR count). The van der Waals surface area contributed by atoms with Crippen molar-refractivity contribution >= 4 is 17.1 Å². The standard InChI is InChI=1S/C14H18N4O3/c1-3-13-8-17-14(21-13)9-16-11-5-10(15-4-2)6-12(7-11)18(19)20/h5-8,15-16H,3-4,9H2,1-2H3. The number of nitrogens with one attached hydrogen (secondary N) is 2. The van der Waals surface area contributed by atoms with Gasteiger partial charge in [-0.2, -0.15) is 0 Å². The number of nitrogens with zero attached hydrogens (tertiary/aromatic N) is 2. The largest absolute Gasteiger partial charge is 0.444 e. The second kappa shape index (κ2) is 6.74. The fraction of sp³-hybridized carbons (Fsp3) is 0.357. The fourth-order valence-corrected chi connectivity index (χ4v) is 1.90. The zero-order valence-corrected chi connectivity index (χ0v) is 12.0. The Kier molecular flexibility index (Phi) is 4.76. The van der Waals surface area contributed by atoms with Gasteiger partial charge in [-0.25, -0.2) is 4.98 Å². The number of hydrogen-bond acceptors (Lipinski definition) is 6. The first-order valence-electron chi connectivity index (χ1n) is 6.83. The SMILES string of the molecule is CCNc1cc(NCc2ncc(CC)o2)cc([N+](=O)[O-])c1. The summed E-state index contributed by atoms with van der Waals surface area (Å²) < 4.78 is 5.49. The molecule has 1 aromatic heterocycles. The van der Waals surface area contributed by atoms with Crippen LogP contribution < -0.4 is 10.6 Å². The summed E-state index contributed by atoms with van der Waals surface area (Å²) in [4.78, 5) is 14.7. The normalized spacial score (nSPS) is 10.4. The van der Waals surface area contributed by atoms with Gasteiger partial charge >= 0.3 is 0 Å². The molecule has 1 aromatic carbocycles. The van der Waals surface area contributed by atoms with E-state index >= 15 is 0 Å². The topological polar surface area (TPSA) is 93.2 Å². The van der Waals surface area contributed by atoms with Gasteiger partial charge in [0.15, 0.2) is 0 Å². The second-order valence-corrected chi connectivity index (χ2v) is 4.48. The molecule has 0 spiro atoms. The molecule has 0 bridgehead atoms. The van der Waals surface area contributed by atoms with Crippen LogP contribution in [0.4, 0.5) is 17.1 Å². The number of aromatic nitrogens is 1. The van der Waals surface area contributed by atoms with Gasteiger partial charge in [0, 0.05) is 36.5 Å². The number of nitro benzene ring substituents is 1. The average molecular weight is 290 g/mol. The van der Waals surface area contributed by atoms with Crippen LogP contribution in [0, 0.1) is 10.1 Å². The number of nitro groups is 1. The zero-order valence-electron chi connectivity index (χ0n) is 12.0. The highest BCUT2D eigenvalue weighted by Gasteiger charge is 2.10. The van der Waals surface area contributed by atoms with Crippen LogP contribution in [0.1, 0.15) is 25.5 Å². The molecule has 21 heavy (non-hydrogen) atoms. The third-order valence-corrected chi connectivity index (χ3v) is 2.90. The quantitative estimate of drug-likeness (QED) is 0.601. The van der Waals surface area contributed by atoms with Gasteiger partial charge in [-0.15, -0.1) is 0 Å². The maximum absolute atomic E-state index is 10.9. The van der Waals surface area contributed by atoms with Gasteiger partial charge in [0.1, 0.15) is 5.76 Å². The highest BCUT2D eigenvalue weighted by Crippen LogP contribution is 2.24. The Bertz CT molecular complexity index is 624. The number of anilines is 2. The molecule has 7 heteroatoms. The van der Waals surface area contributed by atoms with Crippen LogP contribution in [0.5, 0.6) is 0 Å². The molecule has 0 fully saturated rings. The predicted molar refractivity (Wildman–Crippen MR) is 80.5 cm³/mol. The van der Waals surface area contributed by atoms with Gasteiger partial charge in [-0.05, 0) is 13.0 Å². The molecule has 0 atom stereocenters. The molecule has 0 aliphatic rings. The number of rotatable bonds is 7. The van der Waals surface area contributed by atoms with Crippen LogP contribution in [0.3, 0.4) is 0 Å². The molecule has 2 N–H and O–H groups in total. The van der Waals surface area contributed by atoms with Gasteiger partial charge in [-0.3, -0.25) is 10.1 Å². The molecular weight excluding hydrogens is 272 g/mol. The number of non-ortho nitro benzene ring substituents is 1. The van der Waals surface area contributed by atoms with Crippen LogP contribution in [0.15, 0.2) is 28.8 Å². The van der Waals surface area contributed by atoms with E-state index in [2.05, 4.69) is 15.6 Å². The van der Waals surface area contributed by atoms with E-state index in [0.29, 0.717) is 30.4 Å². The lowest BCUT2D eigenvalue weighted by atomic mass is 10.2. The molecule has 2 aromatic rings. The number of benzene rings is 1. The summed E-state index contributed by atoms with van der Waals surface area (Å²) >= 11 is 0. The van der Waals surface area contributed by atoms with Crippen molar-refractivity contribution in [3.63, 3.8) is 0 Å². The molecular formula is C14H18N4O3. The van der Waals surface area contributed by atoms with E-state index in [1.54, 1.807) is 6.20 Å². The van der Waals surface area contributed by atoms with Crippen LogP contribution in [0.2, 0.25) is 0 Å². The average Bonchev–Trinajstić information content (AvgIpc) is 2.93. The van der Waals surface area contributed by atoms with Crippen LogP contribution in [-0.2, 0) is 13.0 Å². The van der Waals surface area contributed by atoms with Crippen molar-refractivity contribution in [2.75, 3.05) is 17.2 Å². The van der Waals surface area contributed by atoms with E-state index in [0.717, 1.165) is 12.2 Å². The zero-order chi connectivity index (χ0) is 15.2. The summed E-state index contributed by atoms with van der Waals surface area (Å²) in [5.74, 6) is 1.38. The molecule has 0 radical (unpaired) electrons. The fourth-order valence-electron chi connectivity index (χ4n) is 1.90. The van der Waals surface area contributed by atoms with Gasteiger partial charge in [0.05, 0.1) is 17.7 Å². The molecule has 112 valence electrons. The first-order chi connectivity index (χ1) is 10.1. The lowest BCUT2D eigenvalue weighted by molar-refractivity contribution is -0.384. The Hall–Kier alpha value is -2.57. The van der Waals surface area contributed by atoms with Crippen LogP contribution in [-0.4, -0.2) is 16.5 Å². The summed E-state index contributed by atoms with van der Waals surface area (Å²) in [6.45, 7) is 5.00. The smallest absolute Gasteiger partial charge is 0.273 e. The Morgan fingerprint density at radius 2 is 1.95 bits per heavy atom. The first-order valence-corrected chi connectivity index (χ1v) is 6.83. The Morgan fingerprint density at radius 3 is 2.52 bits per heavy atom. The Morgan fingerprint density at radius 1 is 1.24 bits per heavy atom. The third kappa shape index (κ3) is 3.95. The van der Waals surface area contributed by atoms with E-state index < -0.39 is 4.92 Å². The molecule has 0 unspecified atom stereocenters. The number of hydrogen-bond donors (Lipinski definition) is 2. The number of aryl methyl sites for hydroxylation is 1. The van der Waals surface area contributed by atoms with Crippen molar-refractivity contribution in [1.29, 1.82) is 0 Å². The molecule has 0 aliphatic carbocycles. The Labute approximate surface area is 122 Å². The second-order valence-electron chi connectivity index (χ2n) is 4.48. The highest BCUT2D eigenvalue weighted by atomic mass is 16.6. The first kappa shape index (κ1) is 14.8. The van der Waals surface area contributed by atoms with Gasteiger partial charge in [0.25, 0.3) is 5.69 Å². The minimum atomic E-state index is -0.410. The van der Waals surface area contributed by atoms with Crippen molar-refractivity contribution in [3.8, 4) is 0 Å². The minimum absolute atomic E-state index is 0.0394. The summed E-state index contributed by atoms with van der Waals surface area (Å²) in [6, 6.07) is 4.82. The maximum atomic E-state index is 10.9.